The topological polar surface area (TPSA) is 46.5 Å². The highest BCUT2D eigenvalue weighted by molar-refractivity contribution is 8.00. The van der Waals surface area contributed by atoms with Gasteiger partial charge < -0.3 is 9.84 Å². The average molecular weight is 366 g/mol. The number of thioether (sulfide) groups is 1. The molecule has 1 spiro atoms. The molecule has 4 rings (SSSR count). The van der Waals surface area contributed by atoms with Gasteiger partial charge in [-0.2, -0.15) is 0 Å². The predicted molar refractivity (Wildman–Crippen MR) is 104 cm³/mol. The first-order valence-electron chi connectivity index (χ1n) is 9.06. The fourth-order valence-electron chi connectivity index (χ4n) is 3.87. The van der Waals surface area contributed by atoms with Crippen molar-refractivity contribution in [2.45, 2.75) is 36.5 Å². The molecule has 2 aromatic rings. The molecule has 26 heavy (non-hydrogen) atoms. The summed E-state index contributed by atoms with van der Waals surface area (Å²) in [6, 6.07) is 18.2. The molecular formula is C22H22O3S. The smallest absolute Gasteiger partial charge is 0.328 e. The van der Waals surface area contributed by atoms with Crippen LogP contribution in [0, 0.1) is 0 Å². The average Bonchev–Trinajstić information content (AvgIpc) is 2.65. The minimum atomic E-state index is -0.799. The molecule has 0 aromatic heterocycles. The first kappa shape index (κ1) is 17.2. The van der Waals surface area contributed by atoms with Crippen molar-refractivity contribution >= 4 is 17.7 Å². The number of fused-ring (bicyclic) bond motifs is 2. The van der Waals surface area contributed by atoms with Crippen LogP contribution in [0.1, 0.15) is 29.5 Å². The van der Waals surface area contributed by atoms with Gasteiger partial charge in [0.25, 0.3) is 0 Å². The summed E-state index contributed by atoms with van der Waals surface area (Å²) in [6.45, 7) is 0. The van der Waals surface area contributed by atoms with Crippen LogP contribution < -0.4 is 0 Å². The van der Waals surface area contributed by atoms with E-state index in [2.05, 4.69) is 18.2 Å². The van der Waals surface area contributed by atoms with Crippen LogP contribution in [0.25, 0.3) is 0 Å². The van der Waals surface area contributed by atoms with E-state index >= 15 is 0 Å². The number of aliphatic hydroxyl groups is 1. The number of hydrogen-bond donors (Lipinski definition) is 1. The van der Waals surface area contributed by atoms with Crippen molar-refractivity contribution in [2.24, 2.45) is 0 Å². The Morgan fingerprint density at radius 1 is 1.12 bits per heavy atom. The number of rotatable bonds is 4. The van der Waals surface area contributed by atoms with Crippen molar-refractivity contribution in [1.29, 1.82) is 0 Å². The van der Waals surface area contributed by atoms with E-state index < -0.39 is 10.9 Å². The third-order valence-electron chi connectivity index (χ3n) is 5.13. The molecule has 2 unspecified atom stereocenters. The number of ether oxygens (including phenoxy) is 1. The SMILES string of the molecule is O=C1OC2(C=C(O)C1SCCc1ccccc1)CCCc1ccccc12. The molecule has 1 aliphatic heterocycles. The summed E-state index contributed by atoms with van der Waals surface area (Å²) in [7, 11) is 0. The summed E-state index contributed by atoms with van der Waals surface area (Å²) in [5.41, 5.74) is 2.64. The van der Waals surface area contributed by atoms with Crippen LogP contribution in [0.5, 0.6) is 0 Å². The molecule has 2 atom stereocenters. The molecule has 1 heterocycles. The molecule has 0 bridgehead atoms. The van der Waals surface area contributed by atoms with E-state index in [1.165, 1.54) is 22.9 Å². The van der Waals surface area contributed by atoms with Gasteiger partial charge in [0.05, 0.1) is 0 Å². The molecule has 1 aliphatic carbocycles. The van der Waals surface area contributed by atoms with E-state index in [9.17, 15) is 9.90 Å². The third-order valence-corrected chi connectivity index (χ3v) is 6.34. The van der Waals surface area contributed by atoms with Gasteiger partial charge >= 0.3 is 5.97 Å². The standard InChI is InChI=1S/C22H22O3S/c23-19-15-22(13-6-10-17-9-4-5-11-18(17)22)25-21(24)20(19)26-14-12-16-7-2-1-3-8-16/h1-5,7-9,11,15,20,23H,6,10,12-14H2. The van der Waals surface area contributed by atoms with Crippen molar-refractivity contribution in [3.8, 4) is 0 Å². The van der Waals surface area contributed by atoms with Crippen LogP contribution in [0.15, 0.2) is 66.4 Å². The Labute approximate surface area is 158 Å². The van der Waals surface area contributed by atoms with Gasteiger partial charge in [0.1, 0.15) is 5.76 Å². The summed E-state index contributed by atoms with van der Waals surface area (Å²) in [6.07, 6.45) is 5.28. The molecule has 4 heteroatoms. The predicted octanol–water partition coefficient (Wildman–Crippen LogP) is 4.56. The van der Waals surface area contributed by atoms with Crippen molar-refractivity contribution in [1.82, 2.24) is 0 Å². The summed E-state index contributed by atoms with van der Waals surface area (Å²) < 4.78 is 5.93. The Hall–Kier alpha value is -2.20. The zero-order valence-corrected chi connectivity index (χ0v) is 15.4. The number of aliphatic hydroxyl groups excluding tert-OH is 1. The number of esters is 1. The Bertz CT molecular complexity index is 830. The van der Waals surface area contributed by atoms with Gasteiger partial charge in [0.15, 0.2) is 10.9 Å². The van der Waals surface area contributed by atoms with Gasteiger partial charge in [0.2, 0.25) is 0 Å². The lowest BCUT2D eigenvalue weighted by Gasteiger charge is -2.40. The van der Waals surface area contributed by atoms with E-state index in [-0.39, 0.29) is 11.7 Å². The van der Waals surface area contributed by atoms with Crippen LogP contribution in [-0.4, -0.2) is 22.1 Å². The van der Waals surface area contributed by atoms with Crippen molar-refractivity contribution in [3.05, 3.63) is 83.1 Å². The second kappa shape index (κ2) is 7.20. The maximum absolute atomic E-state index is 12.7. The van der Waals surface area contributed by atoms with Crippen LogP contribution in [0.4, 0.5) is 0 Å². The maximum Gasteiger partial charge on any atom is 0.328 e. The van der Waals surface area contributed by atoms with Crippen LogP contribution >= 0.6 is 11.8 Å². The normalized spacial score (nSPS) is 24.7. The zero-order valence-electron chi connectivity index (χ0n) is 14.6. The number of benzene rings is 2. The van der Waals surface area contributed by atoms with E-state index in [1.807, 2.05) is 36.4 Å². The van der Waals surface area contributed by atoms with Gasteiger partial charge in [-0.25, -0.2) is 0 Å². The summed E-state index contributed by atoms with van der Waals surface area (Å²) in [4.78, 5) is 12.7. The molecule has 2 aliphatic rings. The van der Waals surface area contributed by atoms with Crippen LogP contribution in [-0.2, 0) is 28.0 Å². The van der Waals surface area contributed by atoms with E-state index in [1.54, 1.807) is 6.08 Å². The van der Waals surface area contributed by atoms with E-state index in [0.717, 1.165) is 37.0 Å². The fourth-order valence-corrected chi connectivity index (χ4v) is 4.89. The van der Waals surface area contributed by atoms with Crippen molar-refractivity contribution in [2.75, 3.05) is 5.75 Å². The highest BCUT2D eigenvalue weighted by Crippen LogP contribution is 2.44. The lowest BCUT2D eigenvalue weighted by molar-refractivity contribution is -0.159. The summed E-state index contributed by atoms with van der Waals surface area (Å²) in [5, 5.41) is 9.99. The monoisotopic (exact) mass is 366 g/mol. The minimum Gasteiger partial charge on any atom is -0.511 e. The molecule has 3 nitrogen and oxygen atoms in total. The Morgan fingerprint density at radius 3 is 2.69 bits per heavy atom. The van der Waals surface area contributed by atoms with Gasteiger partial charge in [-0.15, -0.1) is 11.8 Å². The number of carbonyl (C=O) groups is 1. The highest BCUT2D eigenvalue weighted by Gasteiger charge is 2.45. The molecule has 0 fully saturated rings. The van der Waals surface area contributed by atoms with E-state index in [4.69, 9.17) is 4.74 Å². The third kappa shape index (κ3) is 3.26. The minimum absolute atomic E-state index is 0.135. The molecule has 2 aromatic carbocycles. The summed E-state index contributed by atoms with van der Waals surface area (Å²) in [5.74, 6) is 0.557. The van der Waals surface area contributed by atoms with Crippen LogP contribution in [0.3, 0.4) is 0 Å². The molecular weight excluding hydrogens is 344 g/mol. The Morgan fingerprint density at radius 2 is 1.88 bits per heavy atom. The van der Waals surface area contributed by atoms with Gasteiger partial charge in [-0.3, -0.25) is 4.79 Å². The summed E-state index contributed by atoms with van der Waals surface area (Å²) >= 11 is 1.44. The van der Waals surface area contributed by atoms with Crippen LogP contribution in [0.2, 0.25) is 0 Å². The first-order chi connectivity index (χ1) is 12.7. The zero-order chi connectivity index (χ0) is 18.0. The number of hydrogen-bond acceptors (Lipinski definition) is 4. The van der Waals surface area contributed by atoms with Gasteiger partial charge in [-0.05, 0) is 42.6 Å². The quantitative estimate of drug-likeness (QED) is 0.806. The van der Waals surface area contributed by atoms with Gasteiger partial charge in [-0.1, -0.05) is 54.6 Å². The number of carbonyl (C=O) groups excluding carboxylic acids is 1. The second-order valence-corrected chi connectivity index (χ2v) is 8.09. The highest BCUT2D eigenvalue weighted by atomic mass is 32.2. The molecule has 0 saturated heterocycles. The lowest BCUT2D eigenvalue weighted by Crippen LogP contribution is -2.42. The fraction of sp³-hybridized carbons (Fsp3) is 0.318. The molecule has 0 radical (unpaired) electrons. The first-order valence-corrected chi connectivity index (χ1v) is 10.1. The Balaban J connectivity index is 1.51. The molecule has 0 saturated carbocycles. The molecule has 134 valence electrons. The van der Waals surface area contributed by atoms with Crippen molar-refractivity contribution in [3.63, 3.8) is 0 Å². The maximum atomic E-state index is 12.7. The molecule has 1 N–H and O–H groups in total. The number of aryl methyl sites for hydroxylation is 2. The largest absolute Gasteiger partial charge is 0.511 e. The van der Waals surface area contributed by atoms with Crippen molar-refractivity contribution < 1.29 is 14.6 Å². The van der Waals surface area contributed by atoms with Gasteiger partial charge in [0, 0.05) is 11.6 Å². The molecule has 0 amide bonds. The lowest BCUT2D eigenvalue weighted by atomic mass is 9.77. The second-order valence-electron chi connectivity index (χ2n) is 6.88. The Kier molecular flexibility index (Phi) is 4.77. The van der Waals surface area contributed by atoms with E-state index in [0.29, 0.717) is 0 Å².